The molecular weight excluding hydrogens is 316 g/mol. The number of benzene rings is 1. The van der Waals surface area contributed by atoms with Crippen LogP contribution >= 0.6 is 0 Å². The highest BCUT2D eigenvalue weighted by Crippen LogP contribution is 2.34. The van der Waals surface area contributed by atoms with Crippen molar-refractivity contribution in [1.82, 2.24) is 30.5 Å². The molecule has 25 heavy (non-hydrogen) atoms. The molecule has 3 aromatic rings. The second kappa shape index (κ2) is 6.66. The molecule has 0 radical (unpaired) electrons. The summed E-state index contributed by atoms with van der Waals surface area (Å²) in [6.07, 6.45) is 9.16. The molecule has 1 aromatic carbocycles. The van der Waals surface area contributed by atoms with Crippen LogP contribution in [0.2, 0.25) is 0 Å². The van der Waals surface area contributed by atoms with Crippen molar-refractivity contribution in [2.45, 2.75) is 44.1 Å². The normalized spacial score (nSPS) is 16.8. The Labute approximate surface area is 145 Å². The van der Waals surface area contributed by atoms with Gasteiger partial charge in [-0.25, -0.2) is 4.68 Å². The lowest BCUT2D eigenvalue weighted by Crippen LogP contribution is -2.50. The number of carbonyl (C=O) groups excluding carboxylic acids is 1. The minimum Gasteiger partial charge on any atom is -0.361 e. The average Bonchev–Trinajstić information content (AvgIpc) is 3.33. The van der Waals surface area contributed by atoms with Gasteiger partial charge in [-0.3, -0.25) is 4.79 Å². The summed E-state index contributed by atoms with van der Waals surface area (Å²) in [5.41, 5.74) is 1.71. The van der Waals surface area contributed by atoms with Crippen LogP contribution in [0.25, 0.3) is 10.9 Å². The van der Waals surface area contributed by atoms with Crippen molar-refractivity contribution in [2.24, 2.45) is 0 Å². The fourth-order valence-corrected chi connectivity index (χ4v) is 3.87. The standard InChI is InChI=1S/C18H22N6O/c25-17(18(9-4-1-5-10-18)24-13-21-22-23-24)19-11-8-14-12-20-16-7-3-2-6-15(14)16/h2-3,6-7,12-13,20H,1,4-5,8-11H2,(H,19,25). The van der Waals surface area contributed by atoms with Crippen LogP contribution in [0.3, 0.4) is 0 Å². The fourth-order valence-electron chi connectivity index (χ4n) is 3.87. The van der Waals surface area contributed by atoms with E-state index in [2.05, 4.69) is 38.0 Å². The smallest absolute Gasteiger partial charge is 0.248 e. The van der Waals surface area contributed by atoms with Crippen molar-refractivity contribution in [3.63, 3.8) is 0 Å². The maximum Gasteiger partial charge on any atom is 0.248 e. The van der Waals surface area contributed by atoms with Crippen LogP contribution in [0, 0.1) is 0 Å². The summed E-state index contributed by atoms with van der Waals surface area (Å²) in [4.78, 5) is 16.3. The lowest BCUT2D eigenvalue weighted by molar-refractivity contribution is -0.132. The van der Waals surface area contributed by atoms with E-state index in [-0.39, 0.29) is 5.91 Å². The SMILES string of the molecule is O=C(NCCc1c[nH]c2ccccc12)C1(n2cnnn2)CCCCC1. The van der Waals surface area contributed by atoms with E-state index < -0.39 is 5.54 Å². The van der Waals surface area contributed by atoms with Gasteiger partial charge in [0, 0.05) is 23.6 Å². The van der Waals surface area contributed by atoms with Gasteiger partial charge in [-0.2, -0.15) is 0 Å². The Morgan fingerprint density at radius 3 is 2.88 bits per heavy atom. The van der Waals surface area contributed by atoms with Crippen molar-refractivity contribution in [3.8, 4) is 0 Å². The molecule has 1 amide bonds. The first-order valence-corrected chi connectivity index (χ1v) is 8.86. The zero-order valence-corrected chi connectivity index (χ0v) is 14.1. The minimum absolute atomic E-state index is 0.0272. The summed E-state index contributed by atoms with van der Waals surface area (Å²) in [5, 5.41) is 15.8. The number of hydrogen-bond donors (Lipinski definition) is 2. The Hall–Kier alpha value is -2.70. The van der Waals surface area contributed by atoms with Gasteiger partial charge in [0.2, 0.25) is 5.91 Å². The molecular formula is C18H22N6O. The van der Waals surface area contributed by atoms with Crippen molar-refractivity contribution >= 4 is 16.8 Å². The predicted octanol–water partition coefficient (Wildman–Crippen LogP) is 2.17. The summed E-state index contributed by atoms with van der Waals surface area (Å²) in [6.45, 7) is 0.602. The van der Waals surface area contributed by atoms with Crippen LogP contribution in [0.1, 0.15) is 37.7 Å². The summed E-state index contributed by atoms with van der Waals surface area (Å²) < 4.78 is 1.65. The first-order chi connectivity index (χ1) is 12.3. The fraction of sp³-hybridized carbons (Fsp3) is 0.444. The van der Waals surface area contributed by atoms with Gasteiger partial charge in [-0.15, -0.1) is 5.10 Å². The maximum atomic E-state index is 13.0. The van der Waals surface area contributed by atoms with Crippen LogP contribution < -0.4 is 5.32 Å². The number of hydrogen-bond acceptors (Lipinski definition) is 4. The highest BCUT2D eigenvalue weighted by atomic mass is 16.2. The summed E-state index contributed by atoms with van der Waals surface area (Å²) >= 11 is 0. The maximum absolute atomic E-state index is 13.0. The summed E-state index contributed by atoms with van der Waals surface area (Å²) in [7, 11) is 0. The molecule has 2 aromatic heterocycles. The zero-order valence-electron chi connectivity index (χ0n) is 14.1. The summed E-state index contributed by atoms with van der Waals surface area (Å²) in [6, 6.07) is 8.22. The topological polar surface area (TPSA) is 88.5 Å². The Bertz CT molecular complexity index is 847. The van der Waals surface area contributed by atoms with Gasteiger partial charge in [0.15, 0.2) is 0 Å². The van der Waals surface area contributed by atoms with Crippen molar-refractivity contribution < 1.29 is 4.79 Å². The Morgan fingerprint density at radius 1 is 1.24 bits per heavy atom. The Kier molecular flexibility index (Phi) is 4.21. The molecule has 0 aliphatic heterocycles. The molecule has 2 heterocycles. The summed E-state index contributed by atoms with van der Waals surface area (Å²) in [5.74, 6) is 0.0272. The van der Waals surface area contributed by atoms with Crippen LogP contribution in [-0.2, 0) is 16.8 Å². The molecule has 0 atom stereocenters. The number of H-pyrrole nitrogens is 1. The van der Waals surface area contributed by atoms with E-state index in [1.807, 2.05) is 18.3 Å². The van der Waals surface area contributed by atoms with Gasteiger partial charge in [-0.1, -0.05) is 37.5 Å². The number of aromatic nitrogens is 5. The number of aromatic amines is 1. The number of fused-ring (bicyclic) bond motifs is 1. The molecule has 1 saturated carbocycles. The Morgan fingerprint density at radius 2 is 2.08 bits per heavy atom. The predicted molar refractivity (Wildman–Crippen MR) is 93.9 cm³/mol. The van der Waals surface area contributed by atoms with E-state index in [1.54, 1.807) is 11.0 Å². The van der Waals surface area contributed by atoms with Gasteiger partial charge in [0.25, 0.3) is 0 Å². The second-order valence-electron chi connectivity index (χ2n) is 6.71. The molecule has 7 heteroatoms. The van der Waals surface area contributed by atoms with Gasteiger partial charge < -0.3 is 10.3 Å². The van der Waals surface area contributed by atoms with Crippen LogP contribution in [0.5, 0.6) is 0 Å². The van der Waals surface area contributed by atoms with Gasteiger partial charge in [0.05, 0.1) is 0 Å². The molecule has 0 bridgehead atoms. The second-order valence-corrected chi connectivity index (χ2v) is 6.71. The minimum atomic E-state index is -0.637. The monoisotopic (exact) mass is 338 g/mol. The van der Waals surface area contributed by atoms with Gasteiger partial charge in [-0.05, 0) is 41.3 Å². The number of tetrazole rings is 1. The molecule has 0 saturated heterocycles. The first kappa shape index (κ1) is 15.8. The number of nitrogens with one attached hydrogen (secondary N) is 2. The molecule has 4 rings (SSSR count). The van der Waals surface area contributed by atoms with Gasteiger partial charge in [0.1, 0.15) is 11.9 Å². The lowest BCUT2D eigenvalue weighted by Gasteiger charge is -2.35. The number of rotatable bonds is 5. The molecule has 0 spiro atoms. The molecule has 0 unspecified atom stereocenters. The van der Waals surface area contributed by atoms with E-state index in [0.717, 1.165) is 44.0 Å². The van der Waals surface area contributed by atoms with E-state index in [1.165, 1.54) is 10.9 Å². The third-order valence-electron chi connectivity index (χ3n) is 5.25. The Balaban J connectivity index is 1.45. The highest BCUT2D eigenvalue weighted by Gasteiger charge is 2.42. The first-order valence-electron chi connectivity index (χ1n) is 8.86. The molecule has 1 aliphatic rings. The van der Waals surface area contributed by atoms with E-state index >= 15 is 0 Å². The van der Waals surface area contributed by atoms with Crippen molar-refractivity contribution in [3.05, 3.63) is 42.4 Å². The molecule has 130 valence electrons. The highest BCUT2D eigenvalue weighted by molar-refractivity contribution is 5.85. The van der Waals surface area contributed by atoms with Crippen LogP contribution in [0.15, 0.2) is 36.8 Å². The van der Waals surface area contributed by atoms with E-state index in [4.69, 9.17) is 0 Å². The third kappa shape index (κ3) is 2.90. The van der Waals surface area contributed by atoms with Crippen molar-refractivity contribution in [2.75, 3.05) is 6.54 Å². The van der Waals surface area contributed by atoms with E-state index in [0.29, 0.717) is 6.54 Å². The number of para-hydroxylation sites is 1. The zero-order chi connectivity index (χ0) is 17.1. The largest absolute Gasteiger partial charge is 0.361 e. The van der Waals surface area contributed by atoms with Crippen LogP contribution in [-0.4, -0.2) is 37.6 Å². The van der Waals surface area contributed by atoms with Crippen molar-refractivity contribution in [1.29, 1.82) is 0 Å². The third-order valence-corrected chi connectivity index (χ3v) is 5.25. The number of nitrogens with zero attached hydrogens (tertiary/aromatic N) is 4. The van der Waals surface area contributed by atoms with Gasteiger partial charge >= 0.3 is 0 Å². The molecule has 7 nitrogen and oxygen atoms in total. The number of carbonyl (C=O) groups is 1. The number of amides is 1. The molecule has 2 N–H and O–H groups in total. The van der Waals surface area contributed by atoms with E-state index in [9.17, 15) is 4.79 Å². The quantitative estimate of drug-likeness (QED) is 0.746. The van der Waals surface area contributed by atoms with Crippen LogP contribution in [0.4, 0.5) is 0 Å². The molecule has 1 fully saturated rings. The lowest BCUT2D eigenvalue weighted by atomic mass is 9.81. The molecule has 1 aliphatic carbocycles. The average molecular weight is 338 g/mol.